The van der Waals surface area contributed by atoms with Gasteiger partial charge in [0.05, 0.1) is 6.61 Å². The summed E-state index contributed by atoms with van der Waals surface area (Å²) >= 11 is 0. The molecule has 0 bridgehead atoms. The van der Waals surface area contributed by atoms with Crippen LogP contribution in [0.2, 0.25) is 0 Å². The van der Waals surface area contributed by atoms with Crippen LogP contribution in [0.4, 0.5) is 0 Å². The van der Waals surface area contributed by atoms with Gasteiger partial charge in [-0.15, -0.1) is 0 Å². The van der Waals surface area contributed by atoms with Crippen LogP contribution in [-0.4, -0.2) is 6.61 Å². The molecule has 1 atom stereocenters. The third-order valence-corrected chi connectivity index (χ3v) is 3.12. The molecule has 0 radical (unpaired) electrons. The molecule has 2 rings (SSSR count). The Kier molecular flexibility index (Phi) is 5.02. The lowest BCUT2D eigenvalue weighted by Gasteiger charge is -2.13. The fourth-order valence-corrected chi connectivity index (χ4v) is 1.95. The molecule has 0 amide bonds. The van der Waals surface area contributed by atoms with Crippen molar-refractivity contribution in [3.63, 3.8) is 0 Å². The van der Waals surface area contributed by atoms with E-state index in [2.05, 4.69) is 6.92 Å². The van der Waals surface area contributed by atoms with Gasteiger partial charge in [-0.05, 0) is 43.2 Å². The molecule has 0 aliphatic carbocycles. The second-order valence-electron chi connectivity index (χ2n) is 4.57. The van der Waals surface area contributed by atoms with Crippen molar-refractivity contribution in [3.05, 3.63) is 54.1 Å². The molecule has 20 heavy (non-hydrogen) atoms. The van der Waals surface area contributed by atoms with E-state index in [0.29, 0.717) is 6.61 Å². The van der Waals surface area contributed by atoms with Crippen molar-refractivity contribution in [2.24, 2.45) is 5.73 Å². The summed E-state index contributed by atoms with van der Waals surface area (Å²) in [5, 5.41) is 0. The number of para-hydroxylation sites is 2. The molecule has 2 aromatic carbocycles. The van der Waals surface area contributed by atoms with Gasteiger partial charge in [-0.1, -0.05) is 31.2 Å². The van der Waals surface area contributed by atoms with Crippen LogP contribution in [0.3, 0.4) is 0 Å². The van der Waals surface area contributed by atoms with Crippen LogP contribution in [0.15, 0.2) is 48.5 Å². The van der Waals surface area contributed by atoms with E-state index in [1.807, 2.05) is 55.5 Å². The summed E-state index contributed by atoms with van der Waals surface area (Å²) in [6.45, 7) is 4.65. The first-order valence-corrected chi connectivity index (χ1v) is 6.99. The molecule has 0 saturated heterocycles. The number of nitrogens with two attached hydrogens (primary N) is 1. The zero-order chi connectivity index (χ0) is 14.4. The molecule has 0 spiro atoms. The van der Waals surface area contributed by atoms with Crippen molar-refractivity contribution in [2.75, 3.05) is 6.61 Å². The van der Waals surface area contributed by atoms with Crippen LogP contribution in [0.5, 0.6) is 17.2 Å². The molecular weight excluding hydrogens is 250 g/mol. The average Bonchev–Trinajstić information content (AvgIpc) is 2.49. The van der Waals surface area contributed by atoms with Crippen molar-refractivity contribution in [3.8, 4) is 17.2 Å². The van der Waals surface area contributed by atoms with Crippen molar-refractivity contribution >= 4 is 0 Å². The quantitative estimate of drug-likeness (QED) is 0.852. The van der Waals surface area contributed by atoms with E-state index in [0.717, 1.165) is 29.2 Å². The van der Waals surface area contributed by atoms with Gasteiger partial charge in [-0.3, -0.25) is 0 Å². The first-order chi connectivity index (χ1) is 9.74. The fraction of sp³-hybridized carbons (Fsp3) is 0.294. The monoisotopic (exact) mass is 271 g/mol. The highest BCUT2D eigenvalue weighted by atomic mass is 16.5. The first kappa shape index (κ1) is 14.4. The van der Waals surface area contributed by atoms with E-state index in [1.54, 1.807) is 0 Å². The normalized spacial score (nSPS) is 11.9. The summed E-state index contributed by atoms with van der Waals surface area (Å²) in [5.74, 6) is 2.26. The summed E-state index contributed by atoms with van der Waals surface area (Å²) in [4.78, 5) is 0. The van der Waals surface area contributed by atoms with E-state index >= 15 is 0 Å². The zero-order valence-electron chi connectivity index (χ0n) is 12.0. The maximum atomic E-state index is 6.00. The maximum absolute atomic E-state index is 6.00. The third kappa shape index (κ3) is 3.52. The standard InChI is InChI=1S/C17H21NO2/c1-3-15(18)13-9-11-14(12-10-13)20-17-8-6-5-7-16(17)19-4-2/h5-12,15H,3-4,18H2,1-2H3. The van der Waals surface area contributed by atoms with Gasteiger partial charge in [0.2, 0.25) is 0 Å². The number of rotatable bonds is 6. The van der Waals surface area contributed by atoms with Crippen LogP contribution >= 0.6 is 0 Å². The molecule has 3 nitrogen and oxygen atoms in total. The summed E-state index contributed by atoms with van der Waals surface area (Å²) < 4.78 is 11.4. The minimum absolute atomic E-state index is 0.0831. The Balaban J connectivity index is 2.14. The van der Waals surface area contributed by atoms with Crippen LogP contribution in [0, 0.1) is 0 Å². The van der Waals surface area contributed by atoms with Crippen molar-refractivity contribution in [1.82, 2.24) is 0 Å². The Morgan fingerprint density at radius 2 is 1.60 bits per heavy atom. The molecule has 0 aliphatic rings. The minimum atomic E-state index is 0.0831. The molecule has 3 heteroatoms. The molecule has 0 fully saturated rings. The lowest BCUT2D eigenvalue weighted by molar-refractivity contribution is 0.321. The van der Waals surface area contributed by atoms with Gasteiger partial charge in [-0.2, -0.15) is 0 Å². The third-order valence-electron chi connectivity index (χ3n) is 3.12. The number of hydrogen-bond donors (Lipinski definition) is 1. The Hall–Kier alpha value is -2.00. The highest BCUT2D eigenvalue weighted by Gasteiger charge is 2.06. The second kappa shape index (κ2) is 6.96. The van der Waals surface area contributed by atoms with Crippen molar-refractivity contribution in [2.45, 2.75) is 26.3 Å². The number of benzene rings is 2. The summed E-state index contributed by atoms with van der Waals surface area (Å²) in [7, 11) is 0. The van der Waals surface area contributed by atoms with E-state index in [-0.39, 0.29) is 6.04 Å². The van der Waals surface area contributed by atoms with E-state index in [1.165, 1.54) is 0 Å². The minimum Gasteiger partial charge on any atom is -0.490 e. The maximum Gasteiger partial charge on any atom is 0.169 e. The molecule has 0 saturated carbocycles. The van der Waals surface area contributed by atoms with E-state index in [9.17, 15) is 0 Å². The number of hydrogen-bond acceptors (Lipinski definition) is 3. The molecule has 106 valence electrons. The lowest BCUT2D eigenvalue weighted by Crippen LogP contribution is -2.08. The Labute approximate surface area is 120 Å². The molecule has 1 unspecified atom stereocenters. The molecule has 2 N–H and O–H groups in total. The van der Waals surface area contributed by atoms with E-state index in [4.69, 9.17) is 15.2 Å². The first-order valence-electron chi connectivity index (χ1n) is 6.99. The molecular formula is C17H21NO2. The predicted octanol–water partition coefficient (Wildman–Crippen LogP) is 4.29. The summed E-state index contributed by atoms with van der Waals surface area (Å²) in [5.41, 5.74) is 7.12. The van der Waals surface area contributed by atoms with Crippen molar-refractivity contribution in [1.29, 1.82) is 0 Å². The highest BCUT2D eigenvalue weighted by Crippen LogP contribution is 2.31. The largest absolute Gasteiger partial charge is 0.490 e. The Bertz CT molecular complexity index is 537. The van der Waals surface area contributed by atoms with Gasteiger partial charge >= 0.3 is 0 Å². The second-order valence-corrected chi connectivity index (χ2v) is 4.57. The van der Waals surface area contributed by atoms with Crippen LogP contribution in [-0.2, 0) is 0 Å². The molecule has 2 aromatic rings. The lowest BCUT2D eigenvalue weighted by atomic mass is 10.1. The van der Waals surface area contributed by atoms with Crippen molar-refractivity contribution < 1.29 is 9.47 Å². The summed E-state index contributed by atoms with van der Waals surface area (Å²) in [6.07, 6.45) is 0.924. The topological polar surface area (TPSA) is 44.5 Å². The smallest absolute Gasteiger partial charge is 0.169 e. The van der Waals surface area contributed by atoms with Crippen LogP contribution in [0.25, 0.3) is 0 Å². The zero-order valence-corrected chi connectivity index (χ0v) is 12.0. The Morgan fingerprint density at radius 1 is 0.950 bits per heavy atom. The van der Waals surface area contributed by atoms with Crippen LogP contribution < -0.4 is 15.2 Å². The van der Waals surface area contributed by atoms with Crippen LogP contribution in [0.1, 0.15) is 31.9 Å². The van der Waals surface area contributed by atoms with E-state index < -0.39 is 0 Å². The molecule has 0 aliphatic heterocycles. The highest BCUT2D eigenvalue weighted by molar-refractivity contribution is 5.43. The van der Waals surface area contributed by atoms with Gasteiger partial charge in [0, 0.05) is 6.04 Å². The van der Waals surface area contributed by atoms with Gasteiger partial charge in [0.25, 0.3) is 0 Å². The molecule has 0 heterocycles. The summed E-state index contributed by atoms with van der Waals surface area (Å²) in [6, 6.07) is 15.6. The molecule has 0 aromatic heterocycles. The number of ether oxygens (including phenoxy) is 2. The predicted molar refractivity (Wildman–Crippen MR) is 81.3 cm³/mol. The van der Waals surface area contributed by atoms with Gasteiger partial charge in [0.15, 0.2) is 11.5 Å². The van der Waals surface area contributed by atoms with Gasteiger partial charge < -0.3 is 15.2 Å². The fourth-order valence-electron chi connectivity index (χ4n) is 1.95. The average molecular weight is 271 g/mol. The van der Waals surface area contributed by atoms with Gasteiger partial charge in [-0.25, -0.2) is 0 Å². The SMILES string of the molecule is CCOc1ccccc1Oc1ccc(C(N)CC)cc1. The Morgan fingerprint density at radius 3 is 2.20 bits per heavy atom. The van der Waals surface area contributed by atoms with Gasteiger partial charge in [0.1, 0.15) is 5.75 Å².